The first-order valence-corrected chi connectivity index (χ1v) is 11.4. The Morgan fingerprint density at radius 1 is 1.06 bits per heavy atom. The smallest absolute Gasteiger partial charge is 0.234 e. The molecule has 0 fully saturated rings. The molecule has 0 radical (unpaired) electrons. The molecular weight excluding hydrogens is 474 g/mol. The lowest BCUT2D eigenvalue weighted by Gasteiger charge is -2.11. The molecule has 31 heavy (non-hydrogen) atoms. The molecule has 0 saturated heterocycles. The molecule has 4 aromatic rings. The molecule has 2 aromatic carbocycles. The number of anilines is 1. The van der Waals surface area contributed by atoms with Gasteiger partial charge in [-0.25, -0.2) is 0 Å². The summed E-state index contributed by atoms with van der Waals surface area (Å²) in [6, 6.07) is 19.7. The number of thioether (sulfide) groups is 1. The highest BCUT2D eigenvalue weighted by Crippen LogP contribution is 2.25. The van der Waals surface area contributed by atoms with Gasteiger partial charge in [-0.05, 0) is 48.4 Å². The molecule has 0 aliphatic heterocycles. The number of hydrogen-bond donors (Lipinski definition) is 1. The lowest BCUT2D eigenvalue weighted by Crippen LogP contribution is -2.15. The van der Waals surface area contributed by atoms with Crippen LogP contribution in [-0.2, 0) is 11.3 Å². The van der Waals surface area contributed by atoms with Gasteiger partial charge in [0.05, 0.1) is 12.3 Å². The number of carbonyl (C=O) groups is 1. The van der Waals surface area contributed by atoms with Crippen molar-refractivity contribution in [2.45, 2.75) is 18.6 Å². The third-order valence-corrected chi connectivity index (χ3v) is 6.47. The molecule has 0 spiro atoms. The molecule has 4 rings (SSSR count). The molecule has 1 amide bonds. The zero-order valence-corrected chi connectivity index (χ0v) is 19.2. The van der Waals surface area contributed by atoms with Crippen molar-refractivity contribution in [1.82, 2.24) is 19.7 Å². The summed E-state index contributed by atoms with van der Waals surface area (Å²) in [4.78, 5) is 16.6. The van der Waals surface area contributed by atoms with Crippen LogP contribution in [0.1, 0.15) is 11.1 Å². The van der Waals surface area contributed by atoms with Crippen molar-refractivity contribution in [2.75, 3.05) is 11.1 Å². The van der Waals surface area contributed by atoms with E-state index in [0.717, 1.165) is 32.7 Å². The number of halogens is 1. The van der Waals surface area contributed by atoms with Crippen LogP contribution in [0.4, 0.5) is 5.69 Å². The summed E-state index contributed by atoms with van der Waals surface area (Å²) in [6.07, 6.45) is 3.47. The Morgan fingerprint density at radius 3 is 2.58 bits per heavy atom. The van der Waals surface area contributed by atoms with Crippen LogP contribution in [0.2, 0.25) is 0 Å². The zero-order valence-electron chi connectivity index (χ0n) is 16.8. The molecule has 8 heteroatoms. The van der Waals surface area contributed by atoms with Crippen LogP contribution < -0.4 is 5.32 Å². The second-order valence-electron chi connectivity index (χ2n) is 6.91. The zero-order chi connectivity index (χ0) is 21.6. The molecule has 1 N–H and O–H groups in total. The minimum absolute atomic E-state index is 0.0913. The van der Waals surface area contributed by atoms with Crippen molar-refractivity contribution in [3.05, 3.63) is 88.7 Å². The highest BCUT2D eigenvalue weighted by Gasteiger charge is 2.16. The van der Waals surface area contributed by atoms with Gasteiger partial charge in [0.25, 0.3) is 0 Å². The summed E-state index contributed by atoms with van der Waals surface area (Å²) < 4.78 is 3.05. The predicted octanol–water partition coefficient (Wildman–Crippen LogP) is 5.19. The fraction of sp³-hybridized carbons (Fsp3) is 0.130. The maximum atomic E-state index is 12.5. The van der Waals surface area contributed by atoms with E-state index < -0.39 is 0 Å². The van der Waals surface area contributed by atoms with E-state index in [1.54, 1.807) is 12.4 Å². The van der Waals surface area contributed by atoms with E-state index in [1.807, 2.05) is 60.0 Å². The van der Waals surface area contributed by atoms with Crippen LogP contribution in [0.3, 0.4) is 0 Å². The minimum Gasteiger partial charge on any atom is -0.325 e. The second kappa shape index (κ2) is 9.89. The van der Waals surface area contributed by atoms with Gasteiger partial charge in [0.2, 0.25) is 5.91 Å². The van der Waals surface area contributed by atoms with Crippen LogP contribution >= 0.6 is 27.7 Å². The number of carbonyl (C=O) groups excluding carboxylic acids is 1. The number of nitrogens with zero attached hydrogens (tertiary/aromatic N) is 4. The molecule has 0 aliphatic carbocycles. The van der Waals surface area contributed by atoms with E-state index in [1.165, 1.54) is 11.8 Å². The van der Waals surface area contributed by atoms with E-state index in [2.05, 4.69) is 48.6 Å². The van der Waals surface area contributed by atoms with Gasteiger partial charge < -0.3 is 5.32 Å². The number of benzene rings is 2. The summed E-state index contributed by atoms with van der Waals surface area (Å²) >= 11 is 4.84. The van der Waals surface area contributed by atoms with Gasteiger partial charge in [-0.1, -0.05) is 58.0 Å². The fourth-order valence-electron chi connectivity index (χ4n) is 3.07. The van der Waals surface area contributed by atoms with Crippen LogP contribution in [0.25, 0.3) is 11.4 Å². The monoisotopic (exact) mass is 493 g/mol. The average Bonchev–Trinajstić information content (AvgIpc) is 3.18. The summed E-state index contributed by atoms with van der Waals surface area (Å²) in [5, 5.41) is 12.4. The van der Waals surface area contributed by atoms with Crippen LogP contribution in [0, 0.1) is 6.92 Å². The van der Waals surface area contributed by atoms with Crippen molar-refractivity contribution in [3.63, 3.8) is 0 Å². The highest BCUT2D eigenvalue weighted by molar-refractivity contribution is 9.10. The molecule has 2 heterocycles. The van der Waals surface area contributed by atoms with Gasteiger partial charge in [0.1, 0.15) is 0 Å². The number of pyridine rings is 1. The highest BCUT2D eigenvalue weighted by atomic mass is 79.9. The SMILES string of the molecule is Cc1cc(NC(=O)CSc2nnc(-c3ccncc3)n2Cc2ccccc2)ccc1Br. The summed E-state index contributed by atoms with van der Waals surface area (Å²) in [5.41, 5.74) is 3.90. The van der Waals surface area contributed by atoms with Gasteiger partial charge in [-0.3, -0.25) is 14.3 Å². The quantitative estimate of drug-likeness (QED) is 0.358. The van der Waals surface area contributed by atoms with E-state index in [9.17, 15) is 4.79 Å². The summed E-state index contributed by atoms with van der Waals surface area (Å²) in [7, 11) is 0. The Bertz CT molecular complexity index is 1180. The molecule has 0 atom stereocenters. The number of amides is 1. The number of nitrogens with one attached hydrogen (secondary N) is 1. The van der Waals surface area contributed by atoms with E-state index in [0.29, 0.717) is 11.7 Å². The molecular formula is C23H20BrN5OS. The number of aryl methyl sites for hydroxylation is 1. The fourth-order valence-corrected chi connectivity index (χ4v) is 4.05. The van der Waals surface area contributed by atoms with Gasteiger partial charge in [-0.2, -0.15) is 0 Å². The van der Waals surface area contributed by atoms with E-state index in [-0.39, 0.29) is 11.7 Å². The van der Waals surface area contributed by atoms with Gasteiger partial charge in [-0.15, -0.1) is 10.2 Å². The van der Waals surface area contributed by atoms with Gasteiger partial charge >= 0.3 is 0 Å². The average molecular weight is 494 g/mol. The lowest BCUT2D eigenvalue weighted by atomic mass is 10.2. The molecule has 156 valence electrons. The van der Waals surface area contributed by atoms with Crippen molar-refractivity contribution in [1.29, 1.82) is 0 Å². The van der Waals surface area contributed by atoms with E-state index in [4.69, 9.17) is 0 Å². The molecule has 0 unspecified atom stereocenters. The van der Waals surface area contributed by atoms with Crippen LogP contribution in [0.5, 0.6) is 0 Å². The largest absolute Gasteiger partial charge is 0.325 e. The first-order valence-electron chi connectivity index (χ1n) is 9.66. The number of hydrogen-bond acceptors (Lipinski definition) is 5. The Labute approximate surface area is 193 Å². The third-order valence-electron chi connectivity index (χ3n) is 4.61. The van der Waals surface area contributed by atoms with Crippen molar-refractivity contribution < 1.29 is 4.79 Å². The van der Waals surface area contributed by atoms with Crippen molar-refractivity contribution in [3.8, 4) is 11.4 Å². The number of aromatic nitrogens is 4. The van der Waals surface area contributed by atoms with Gasteiger partial charge in [0, 0.05) is 28.1 Å². The van der Waals surface area contributed by atoms with Crippen LogP contribution in [0.15, 0.2) is 82.7 Å². The predicted molar refractivity (Wildman–Crippen MR) is 127 cm³/mol. The van der Waals surface area contributed by atoms with E-state index >= 15 is 0 Å². The molecule has 2 aromatic heterocycles. The Balaban J connectivity index is 1.52. The third kappa shape index (κ3) is 5.39. The van der Waals surface area contributed by atoms with Gasteiger partial charge in [0.15, 0.2) is 11.0 Å². The minimum atomic E-state index is -0.0913. The maximum absolute atomic E-state index is 12.5. The Kier molecular flexibility index (Phi) is 6.79. The second-order valence-corrected chi connectivity index (χ2v) is 8.71. The first-order chi connectivity index (χ1) is 15.1. The van der Waals surface area contributed by atoms with Crippen molar-refractivity contribution in [2.24, 2.45) is 0 Å². The van der Waals surface area contributed by atoms with Crippen molar-refractivity contribution >= 4 is 39.3 Å². The summed E-state index contributed by atoms with van der Waals surface area (Å²) in [5.74, 6) is 0.891. The molecule has 0 bridgehead atoms. The molecule has 0 aliphatic rings. The summed E-state index contributed by atoms with van der Waals surface area (Å²) in [6.45, 7) is 2.60. The standard InChI is InChI=1S/C23H20BrN5OS/c1-16-13-19(7-8-20(16)24)26-21(30)15-31-23-28-27-22(18-9-11-25-12-10-18)29(23)14-17-5-3-2-4-6-17/h2-13H,14-15H2,1H3,(H,26,30). The Hall–Kier alpha value is -2.97. The lowest BCUT2D eigenvalue weighted by molar-refractivity contribution is -0.113. The molecule has 6 nitrogen and oxygen atoms in total. The molecule has 0 saturated carbocycles. The maximum Gasteiger partial charge on any atom is 0.234 e. The first kappa shape index (κ1) is 21.3. The Morgan fingerprint density at radius 2 is 1.84 bits per heavy atom. The number of rotatable bonds is 7. The topological polar surface area (TPSA) is 72.7 Å². The normalized spacial score (nSPS) is 10.8. The van der Waals surface area contributed by atoms with Crippen LogP contribution in [-0.4, -0.2) is 31.4 Å².